The number of nitro benzene ring substituents is 1. The zero-order valence-corrected chi connectivity index (χ0v) is 19.3. The van der Waals surface area contributed by atoms with Gasteiger partial charge in [-0.1, -0.05) is 20.8 Å². The second-order valence-electron chi connectivity index (χ2n) is 8.50. The molecule has 0 saturated carbocycles. The van der Waals surface area contributed by atoms with Crippen LogP contribution >= 0.6 is 0 Å². The fourth-order valence-corrected chi connectivity index (χ4v) is 4.81. The van der Waals surface area contributed by atoms with Gasteiger partial charge in [-0.3, -0.25) is 14.9 Å². The average molecular weight is 424 g/mol. The monoisotopic (exact) mass is 423 g/mol. The Kier molecular flexibility index (Phi) is 7.28. The summed E-state index contributed by atoms with van der Waals surface area (Å²) in [6.07, 6.45) is 1.50. The molecule has 0 spiro atoms. The van der Waals surface area contributed by atoms with E-state index in [1.165, 1.54) is 26.4 Å². The highest BCUT2D eigenvalue weighted by Crippen LogP contribution is 2.38. The van der Waals surface area contributed by atoms with Crippen LogP contribution in [0.25, 0.3) is 0 Å². The third kappa shape index (κ3) is 5.08. The quantitative estimate of drug-likeness (QED) is 0.375. The molecule has 1 radical (unpaired) electrons. The van der Waals surface area contributed by atoms with E-state index in [1.54, 1.807) is 4.90 Å². The molecule has 9 heteroatoms. The van der Waals surface area contributed by atoms with Crippen molar-refractivity contribution in [2.75, 3.05) is 20.8 Å². The Morgan fingerprint density at radius 1 is 1.24 bits per heavy atom. The third-order valence-electron chi connectivity index (χ3n) is 5.05. The molecule has 1 aromatic carbocycles. The van der Waals surface area contributed by atoms with Gasteiger partial charge in [-0.15, -0.1) is 0 Å². The Labute approximate surface area is 174 Å². The van der Waals surface area contributed by atoms with E-state index in [9.17, 15) is 14.9 Å². The normalized spacial score (nSPS) is 18.1. The molecule has 0 N–H and O–H groups in total. The summed E-state index contributed by atoms with van der Waals surface area (Å²) < 4.78 is 16.7. The lowest BCUT2D eigenvalue weighted by Gasteiger charge is -2.40. The number of amides is 1. The van der Waals surface area contributed by atoms with Gasteiger partial charge in [0.1, 0.15) is 5.56 Å². The highest BCUT2D eigenvalue weighted by Gasteiger charge is 2.43. The topological polar surface area (TPSA) is 91.1 Å². The summed E-state index contributed by atoms with van der Waals surface area (Å²) in [5, 5.41) is 11.6. The summed E-state index contributed by atoms with van der Waals surface area (Å²) in [6, 6.07) is 2.51. The van der Waals surface area contributed by atoms with Crippen LogP contribution in [0.15, 0.2) is 12.1 Å². The van der Waals surface area contributed by atoms with Crippen LogP contribution in [0, 0.1) is 15.5 Å². The van der Waals surface area contributed by atoms with E-state index < -0.39 is 14.0 Å². The standard InChI is InChI=1S/C20H31N2O6Si/c1-20(2,3)18(28-29(6)7)14-9-8-10-21(14)19(23)13-11-16(26-4)17(27-5)12-15(13)22(24)25/h11-12,14,18H,8-10H2,1-7H3. The number of hydrogen-bond donors (Lipinski definition) is 0. The largest absolute Gasteiger partial charge is 0.493 e. The van der Waals surface area contributed by atoms with Crippen molar-refractivity contribution in [3.05, 3.63) is 27.8 Å². The molecule has 1 heterocycles. The summed E-state index contributed by atoms with van der Waals surface area (Å²) in [5.41, 5.74) is -0.452. The van der Waals surface area contributed by atoms with Gasteiger partial charge in [0, 0.05) is 12.6 Å². The van der Waals surface area contributed by atoms with Gasteiger partial charge in [0.05, 0.1) is 37.4 Å². The number of nitro groups is 1. The molecular weight excluding hydrogens is 392 g/mol. The maximum atomic E-state index is 13.4. The fraction of sp³-hybridized carbons (Fsp3) is 0.650. The first-order valence-electron chi connectivity index (χ1n) is 9.69. The molecule has 0 bridgehead atoms. The summed E-state index contributed by atoms with van der Waals surface area (Å²) in [5.74, 6) is 0.126. The van der Waals surface area contributed by atoms with Crippen LogP contribution in [-0.2, 0) is 4.43 Å². The fourth-order valence-electron chi connectivity index (χ4n) is 3.79. The molecule has 1 aliphatic heterocycles. The van der Waals surface area contributed by atoms with Crippen molar-refractivity contribution in [2.24, 2.45) is 5.41 Å². The molecule has 2 unspecified atom stereocenters. The van der Waals surface area contributed by atoms with E-state index >= 15 is 0 Å². The average Bonchev–Trinajstić information content (AvgIpc) is 3.12. The molecule has 161 valence electrons. The Bertz CT molecular complexity index is 762. The number of carbonyl (C=O) groups excluding carboxylic acids is 1. The Morgan fingerprint density at radius 3 is 2.31 bits per heavy atom. The molecular formula is C20H31N2O6Si. The second kappa shape index (κ2) is 9.13. The molecule has 1 fully saturated rings. The van der Waals surface area contributed by atoms with Crippen molar-refractivity contribution in [3.63, 3.8) is 0 Å². The van der Waals surface area contributed by atoms with E-state index in [1.807, 2.05) is 0 Å². The van der Waals surface area contributed by atoms with Crippen LogP contribution in [0.5, 0.6) is 11.5 Å². The first-order chi connectivity index (χ1) is 13.5. The van der Waals surface area contributed by atoms with Gasteiger partial charge in [-0.25, -0.2) is 0 Å². The first kappa shape index (κ1) is 23.1. The minimum absolute atomic E-state index is 0.00531. The predicted octanol–water partition coefficient (Wildman–Crippen LogP) is 3.90. The molecule has 1 aromatic rings. The van der Waals surface area contributed by atoms with Crippen molar-refractivity contribution in [1.29, 1.82) is 0 Å². The predicted molar refractivity (Wildman–Crippen MR) is 112 cm³/mol. The molecule has 1 aliphatic rings. The molecule has 2 atom stereocenters. The number of likely N-dealkylation sites (tertiary alicyclic amines) is 1. The molecule has 8 nitrogen and oxygen atoms in total. The van der Waals surface area contributed by atoms with E-state index in [0.717, 1.165) is 12.8 Å². The van der Waals surface area contributed by atoms with Crippen LogP contribution in [0.4, 0.5) is 5.69 Å². The minimum Gasteiger partial charge on any atom is -0.493 e. The third-order valence-corrected chi connectivity index (χ3v) is 5.78. The zero-order valence-electron chi connectivity index (χ0n) is 18.3. The number of rotatable bonds is 7. The van der Waals surface area contributed by atoms with Crippen LogP contribution < -0.4 is 9.47 Å². The van der Waals surface area contributed by atoms with Crippen molar-refractivity contribution in [3.8, 4) is 11.5 Å². The molecule has 1 saturated heterocycles. The lowest BCUT2D eigenvalue weighted by Crippen LogP contribution is -2.50. The van der Waals surface area contributed by atoms with Crippen LogP contribution in [0.3, 0.4) is 0 Å². The van der Waals surface area contributed by atoms with Gasteiger partial charge in [-0.05, 0) is 31.4 Å². The Morgan fingerprint density at radius 2 is 1.83 bits per heavy atom. The van der Waals surface area contributed by atoms with E-state index in [2.05, 4.69) is 33.9 Å². The van der Waals surface area contributed by atoms with Crippen LogP contribution in [0.2, 0.25) is 13.1 Å². The smallest absolute Gasteiger partial charge is 0.286 e. The molecule has 0 aliphatic carbocycles. The summed E-state index contributed by atoms with van der Waals surface area (Å²) >= 11 is 0. The number of hydrogen-bond acceptors (Lipinski definition) is 6. The number of methoxy groups -OCH3 is 2. The molecule has 1 amide bonds. The minimum atomic E-state index is -0.988. The highest BCUT2D eigenvalue weighted by molar-refractivity contribution is 6.48. The molecule has 2 rings (SSSR count). The maximum Gasteiger partial charge on any atom is 0.286 e. The van der Waals surface area contributed by atoms with Crippen LogP contribution in [-0.4, -0.2) is 57.7 Å². The molecule has 0 aromatic heterocycles. The van der Waals surface area contributed by atoms with Gasteiger partial charge in [0.15, 0.2) is 11.5 Å². The van der Waals surface area contributed by atoms with Crippen LogP contribution in [0.1, 0.15) is 44.0 Å². The Balaban J connectivity index is 2.48. The number of ether oxygens (including phenoxy) is 2. The first-order valence-corrected chi connectivity index (χ1v) is 12.1. The number of carbonyl (C=O) groups is 1. The number of benzene rings is 1. The van der Waals surface area contributed by atoms with Crippen molar-refractivity contribution >= 4 is 20.6 Å². The zero-order chi connectivity index (χ0) is 21.9. The summed E-state index contributed by atoms with van der Waals surface area (Å²) in [6.45, 7) is 11.0. The SMILES string of the molecule is COc1cc(C(=O)N2CCCC2C(O[Si](C)C)C(C)(C)C)c([N+](=O)[O-])cc1OC. The van der Waals surface area contributed by atoms with Crippen molar-refractivity contribution < 1.29 is 23.6 Å². The molecule has 29 heavy (non-hydrogen) atoms. The second-order valence-corrected chi connectivity index (χ2v) is 10.6. The van der Waals surface area contributed by atoms with E-state index in [4.69, 9.17) is 13.9 Å². The maximum absolute atomic E-state index is 13.4. The van der Waals surface area contributed by atoms with E-state index in [0.29, 0.717) is 6.54 Å². The van der Waals surface area contributed by atoms with Gasteiger partial charge in [0.25, 0.3) is 11.6 Å². The highest BCUT2D eigenvalue weighted by atomic mass is 28.3. The lowest BCUT2D eigenvalue weighted by molar-refractivity contribution is -0.385. The van der Waals surface area contributed by atoms with E-state index in [-0.39, 0.29) is 46.2 Å². The summed E-state index contributed by atoms with van der Waals surface area (Å²) in [7, 11) is 1.85. The lowest BCUT2D eigenvalue weighted by atomic mass is 9.83. The van der Waals surface area contributed by atoms with Gasteiger partial charge in [0.2, 0.25) is 9.04 Å². The van der Waals surface area contributed by atoms with Crippen molar-refractivity contribution in [2.45, 2.75) is 58.9 Å². The number of nitrogens with zero attached hydrogens (tertiary/aromatic N) is 2. The van der Waals surface area contributed by atoms with Crippen molar-refractivity contribution in [1.82, 2.24) is 4.90 Å². The van der Waals surface area contributed by atoms with Gasteiger partial charge < -0.3 is 18.8 Å². The van der Waals surface area contributed by atoms with Gasteiger partial charge in [-0.2, -0.15) is 0 Å². The summed E-state index contributed by atoms with van der Waals surface area (Å²) in [4.78, 5) is 26.3. The Hall–Kier alpha value is -2.13. The van der Waals surface area contributed by atoms with Gasteiger partial charge >= 0.3 is 0 Å².